The molecule has 1 heterocycles. The number of hydrogen-bond acceptors (Lipinski definition) is 2. The van der Waals surface area contributed by atoms with Crippen LogP contribution in [0, 0.1) is 12.7 Å². The molecule has 0 aliphatic heterocycles. The smallest absolute Gasteiger partial charge is 0.257 e. The van der Waals surface area contributed by atoms with Gasteiger partial charge in [-0.1, -0.05) is 15.9 Å². The van der Waals surface area contributed by atoms with Crippen LogP contribution in [-0.4, -0.2) is 10.9 Å². The summed E-state index contributed by atoms with van der Waals surface area (Å²) in [5, 5.41) is 2.50. The first-order valence-electron chi connectivity index (χ1n) is 5.25. The van der Waals surface area contributed by atoms with E-state index in [1.807, 2.05) is 6.92 Å². The van der Waals surface area contributed by atoms with Crippen molar-refractivity contribution in [2.45, 2.75) is 6.92 Å². The van der Waals surface area contributed by atoms with Crippen LogP contribution in [0.4, 0.5) is 10.1 Å². The van der Waals surface area contributed by atoms with Gasteiger partial charge in [0.2, 0.25) is 0 Å². The molecule has 0 atom stereocenters. The second-order valence-electron chi connectivity index (χ2n) is 3.77. The van der Waals surface area contributed by atoms with E-state index in [0.717, 1.165) is 5.69 Å². The number of rotatable bonds is 2. The van der Waals surface area contributed by atoms with Gasteiger partial charge in [0.15, 0.2) is 0 Å². The summed E-state index contributed by atoms with van der Waals surface area (Å²) >= 11 is 3.15. The third-order valence-corrected chi connectivity index (χ3v) is 2.85. The summed E-state index contributed by atoms with van der Waals surface area (Å²) in [5.74, 6) is -0.874. The first kappa shape index (κ1) is 12.7. The number of nitrogens with one attached hydrogen (secondary N) is 1. The predicted octanol–water partition coefficient (Wildman–Crippen LogP) is 3.54. The number of benzene rings is 1. The number of hydrogen-bond donors (Lipinski definition) is 1. The summed E-state index contributed by atoms with van der Waals surface area (Å²) < 4.78 is 14.2. The van der Waals surface area contributed by atoms with Gasteiger partial charge in [-0.2, -0.15) is 0 Å². The summed E-state index contributed by atoms with van der Waals surface area (Å²) in [5.41, 5.74) is 1.35. The minimum absolute atomic E-state index is 0.142. The Balaban J connectivity index is 2.18. The largest absolute Gasteiger partial charge is 0.319 e. The van der Waals surface area contributed by atoms with Crippen molar-refractivity contribution < 1.29 is 9.18 Å². The second kappa shape index (κ2) is 5.27. The molecule has 0 saturated carbocycles. The van der Waals surface area contributed by atoms with E-state index in [1.54, 1.807) is 18.2 Å². The molecule has 0 unspecified atom stereocenters. The number of halogens is 2. The molecular weight excluding hydrogens is 299 g/mol. The van der Waals surface area contributed by atoms with Gasteiger partial charge in [-0.3, -0.25) is 9.78 Å². The maximum Gasteiger partial charge on any atom is 0.257 e. The fraction of sp³-hybridized carbons (Fsp3) is 0.0769. The Morgan fingerprint density at radius 1 is 1.33 bits per heavy atom. The fourth-order valence-corrected chi connectivity index (χ4v) is 1.72. The van der Waals surface area contributed by atoms with E-state index in [4.69, 9.17) is 0 Å². The van der Waals surface area contributed by atoms with Crippen LogP contribution in [0.3, 0.4) is 0 Å². The maximum atomic E-state index is 13.5. The lowest BCUT2D eigenvalue weighted by Gasteiger charge is -2.06. The highest BCUT2D eigenvalue weighted by Gasteiger charge is 2.09. The van der Waals surface area contributed by atoms with Gasteiger partial charge in [-0.15, -0.1) is 0 Å². The van der Waals surface area contributed by atoms with Crippen LogP contribution in [0.1, 0.15) is 16.1 Å². The van der Waals surface area contributed by atoms with Crippen LogP contribution in [0.5, 0.6) is 0 Å². The van der Waals surface area contributed by atoms with Gasteiger partial charge < -0.3 is 5.32 Å². The first-order chi connectivity index (χ1) is 8.56. The molecule has 0 radical (unpaired) electrons. The summed E-state index contributed by atoms with van der Waals surface area (Å²) in [6, 6.07) is 7.83. The molecule has 2 rings (SSSR count). The van der Waals surface area contributed by atoms with Crippen molar-refractivity contribution in [3.63, 3.8) is 0 Å². The third-order valence-electron chi connectivity index (χ3n) is 2.35. The van der Waals surface area contributed by atoms with Crippen LogP contribution in [0.15, 0.2) is 41.0 Å². The Kier molecular flexibility index (Phi) is 3.72. The highest BCUT2D eigenvalue weighted by molar-refractivity contribution is 9.10. The average Bonchev–Trinajstić information content (AvgIpc) is 2.33. The molecule has 1 aromatic heterocycles. The van der Waals surface area contributed by atoms with Gasteiger partial charge in [-0.25, -0.2) is 4.39 Å². The van der Waals surface area contributed by atoms with Crippen molar-refractivity contribution in [2.75, 3.05) is 5.32 Å². The average molecular weight is 309 g/mol. The Hall–Kier alpha value is -1.75. The van der Waals surface area contributed by atoms with E-state index >= 15 is 0 Å². The molecule has 1 amide bonds. The molecule has 0 aliphatic rings. The monoisotopic (exact) mass is 308 g/mol. The lowest BCUT2D eigenvalue weighted by atomic mass is 10.2. The minimum Gasteiger partial charge on any atom is -0.319 e. The van der Waals surface area contributed by atoms with Crippen molar-refractivity contribution in [2.24, 2.45) is 0 Å². The quantitative estimate of drug-likeness (QED) is 0.922. The molecule has 1 aromatic carbocycles. The SMILES string of the molecule is Cc1ccc(C(=O)Nc2ccc(Br)cc2F)cn1. The maximum absolute atomic E-state index is 13.5. The van der Waals surface area contributed by atoms with Crippen LogP contribution < -0.4 is 5.32 Å². The van der Waals surface area contributed by atoms with Crippen molar-refractivity contribution in [3.05, 3.63) is 58.1 Å². The Labute approximate surface area is 112 Å². The molecule has 0 saturated heterocycles. The zero-order valence-electron chi connectivity index (χ0n) is 9.58. The number of carbonyl (C=O) groups excluding carboxylic acids is 1. The molecule has 5 heteroatoms. The van der Waals surface area contributed by atoms with E-state index in [9.17, 15) is 9.18 Å². The lowest BCUT2D eigenvalue weighted by Crippen LogP contribution is -2.13. The molecule has 0 bridgehead atoms. The van der Waals surface area contributed by atoms with Gasteiger partial charge in [0.25, 0.3) is 5.91 Å². The molecule has 0 fully saturated rings. The van der Waals surface area contributed by atoms with Crippen molar-refractivity contribution >= 4 is 27.5 Å². The van der Waals surface area contributed by atoms with Gasteiger partial charge in [0.1, 0.15) is 5.82 Å². The summed E-state index contributed by atoms with van der Waals surface area (Å²) in [6.45, 7) is 1.83. The topological polar surface area (TPSA) is 42.0 Å². The summed E-state index contributed by atoms with van der Waals surface area (Å²) in [4.78, 5) is 15.8. The van der Waals surface area contributed by atoms with Crippen molar-refractivity contribution in [1.29, 1.82) is 0 Å². The zero-order valence-corrected chi connectivity index (χ0v) is 11.2. The second-order valence-corrected chi connectivity index (χ2v) is 4.68. The molecule has 2 aromatic rings. The minimum atomic E-state index is -0.488. The zero-order chi connectivity index (χ0) is 13.1. The standard InChI is InChI=1S/C13H10BrFN2O/c1-8-2-3-9(7-16-8)13(18)17-12-5-4-10(14)6-11(12)15/h2-7H,1H3,(H,17,18). The summed E-state index contributed by atoms with van der Waals surface area (Å²) in [7, 11) is 0. The van der Waals surface area contributed by atoms with Crippen LogP contribution in [-0.2, 0) is 0 Å². The van der Waals surface area contributed by atoms with E-state index in [1.165, 1.54) is 18.3 Å². The van der Waals surface area contributed by atoms with Gasteiger partial charge in [0, 0.05) is 16.4 Å². The first-order valence-corrected chi connectivity index (χ1v) is 6.04. The number of amides is 1. The number of aromatic nitrogens is 1. The molecule has 3 nitrogen and oxygen atoms in total. The number of carbonyl (C=O) groups is 1. The molecule has 92 valence electrons. The summed E-state index contributed by atoms with van der Waals surface area (Å²) in [6.07, 6.45) is 1.46. The molecule has 1 N–H and O–H groups in total. The normalized spacial score (nSPS) is 10.2. The van der Waals surface area contributed by atoms with Crippen molar-refractivity contribution in [1.82, 2.24) is 4.98 Å². The Morgan fingerprint density at radius 3 is 2.72 bits per heavy atom. The molecule has 18 heavy (non-hydrogen) atoms. The third kappa shape index (κ3) is 2.92. The van der Waals surface area contributed by atoms with E-state index in [-0.39, 0.29) is 11.6 Å². The van der Waals surface area contributed by atoms with E-state index in [2.05, 4.69) is 26.2 Å². The number of pyridine rings is 1. The number of aryl methyl sites for hydroxylation is 1. The van der Waals surface area contributed by atoms with Crippen molar-refractivity contribution in [3.8, 4) is 0 Å². The Bertz CT molecular complexity index is 584. The predicted molar refractivity (Wildman–Crippen MR) is 71.0 cm³/mol. The lowest BCUT2D eigenvalue weighted by molar-refractivity contribution is 0.102. The van der Waals surface area contributed by atoms with Gasteiger partial charge in [0.05, 0.1) is 11.3 Å². The van der Waals surface area contributed by atoms with E-state index < -0.39 is 5.82 Å². The highest BCUT2D eigenvalue weighted by Crippen LogP contribution is 2.19. The molecule has 0 aliphatic carbocycles. The van der Waals surface area contributed by atoms with Crippen LogP contribution in [0.2, 0.25) is 0 Å². The molecular formula is C13H10BrFN2O. The highest BCUT2D eigenvalue weighted by atomic mass is 79.9. The molecule has 0 spiro atoms. The van der Waals surface area contributed by atoms with Gasteiger partial charge >= 0.3 is 0 Å². The van der Waals surface area contributed by atoms with Gasteiger partial charge in [-0.05, 0) is 37.3 Å². The van der Waals surface area contributed by atoms with Crippen LogP contribution >= 0.6 is 15.9 Å². The number of nitrogens with zero attached hydrogens (tertiary/aromatic N) is 1. The van der Waals surface area contributed by atoms with Crippen LogP contribution in [0.25, 0.3) is 0 Å². The fourth-order valence-electron chi connectivity index (χ4n) is 1.39. The van der Waals surface area contributed by atoms with E-state index in [0.29, 0.717) is 10.0 Å². The Morgan fingerprint density at radius 2 is 2.11 bits per heavy atom. The number of anilines is 1.